The number of Topliss-reactive ketones (excluding diaryl/α,β-unsaturated/α-hetero) is 1. The summed E-state index contributed by atoms with van der Waals surface area (Å²) in [5, 5.41) is 0. The molecule has 2 rings (SSSR count). The van der Waals surface area contributed by atoms with Crippen molar-refractivity contribution in [3.63, 3.8) is 0 Å². The van der Waals surface area contributed by atoms with E-state index in [2.05, 4.69) is 71.0 Å². The van der Waals surface area contributed by atoms with Gasteiger partial charge in [0.15, 0.2) is 5.78 Å². The summed E-state index contributed by atoms with van der Waals surface area (Å²) in [4.78, 5) is 16.6. The van der Waals surface area contributed by atoms with Gasteiger partial charge in [-0.2, -0.15) is 8.46 Å². The van der Waals surface area contributed by atoms with Crippen LogP contribution in [0.2, 0.25) is 0 Å². The van der Waals surface area contributed by atoms with E-state index in [1.54, 1.807) is 0 Å². The Bertz CT molecular complexity index is 711. The maximum atomic E-state index is 13.2. The van der Waals surface area contributed by atoms with E-state index in [1.807, 2.05) is 24.3 Å². The molecule has 0 saturated carbocycles. The Hall–Kier alpha value is -1.26. The SMILES string of the molecule is CCc1ccc(C(=O)CS(C)(Br)c2ccccc2)c(N(CC)CC)c1. The molecular formula is C21H28BrNOS. The number of hydrogen-bond donors (Lipinski definition) is 0. The van der Waals surface area contributed by atoms with Crippen LogP contribution in [0.3, 0.4) is 0 Å². The summed E-state index contributed by atoms with van der Waals surface area (Å²) in [5.41, 5.74) is 3.19. The molecule has 0 radical (unpaired) electrons. The summed E-state index contributed by atoms with van der Waals surface area (Å²) in [5.74, 6) is 0.722. The van der Waals surface area contributed by atoms with E-state index in [0.717, 1.165) is 30.8 Å². The molecule has 2 aromatic rings. The smallest absolute Gasteiger partial charge is 0.174 e. The first-order valence-corrected chi connectivity index (χ1v) is 12.9. The summed E-state index contributed by atoms with van der Waals surface area (Å²) in [6, 6.07) is 16.6. The van der Waals surface area contributed by atoms with Crippen molar-refractivity contribution < 1.29 is 4.79 Å². The largest absolute Gasteiger partial charge is 0.371 e. The lowest BCUT2D eigenvalue weighted by Crippen LogP contribution is -2.25. The van der Waals surface area contributed by atoms with Crippen molar-refractivity contribution >= 4 is 34.7 Å². The van der Waals surface area contributed by atoms with Crippen molar-refractivity contribution in [2.45, 2.75) is 32.1 Å². The molecule has 1 unspecified atom stereocenters. The Morgan fingerprint density at radius 2 is 1.68 bits per heavy atom. The van der Waals surface area contributed by atoms with Gasteiger partial charge in [0.1, 0.15) is 0 Å². The van der Waals surface area contributed by atoms with Crippen LogP contribution >= 0.6 is 23.3 Å². The molecule has 2 nitrogen and oxygen atoms in total. The molecule has 4 heteroatoms. The zero-order valence-corrected chi connectivity index (χ0v) is 18.0. The average Bonchev–Trinajstić information content (AvgIpc) is 2.63. The molecule has 0 aromatic heterocycles. The van der Waals surface area contributed by atoms with Crippen LogP contribution < -0.4 is 4.90 Å². The van der Waals surface area contributed by atoms with E-state index >= 15 is 0 Å². The molecule has 0 saturated heterocycles. The molecule has 2 aromatic carbocycles. The highest BCUT2D eigenvalue weighted by atomic mass is 79.9. The lowest BCUT2D eigenvalue weighted by atomic mass is 10.0. The molecule has 0 aliphatic heterocycles. The Balaban J connectivity index is 2.35. The van der Waals surface area contributed by atoms with E-state index in [1.165, 1.54) is 10.5 Å². The molecule has 0 aliphatic carbocycles. The van der Waals surface area contributed by atoms with Gasteiger partial charge in [0, 0.05) is 24.3 Å². The molecule has 0 bridgehead atoms. The fraction of sp³-hybridized carbons (Fsp3) is 0.381. The highest BCUT2D eigenvalue weighted by Gasteiger charge is 2.24. The number of rotatable bonds is 8. The number of benzene rings is 2. The Labute approximate surface area is 161 Å². The Morgan fingerprint density at radius 3 is 2.24 bits per heavy atom. The minimum absolute atomic E-state index is 0.211. The van der Waals surface area contributed by atoms with Crippen LogP contribution in [0.1, 0.15) is 36.7 Å². The summed E-state index contributed by atoms with van der Waals surface area (Å²) >= 11 is 3.86. The highest BCUT2D eigenvalue weighted by Crippen LogP contribution is 2.59. The van der Waals surface area contributed by atoms with E-state index in [9.17, 15) is 4.79 Å². The van der Waals surface area contributed by atoms with Crippen LogP contribution in [0.25, 0.3) is 0 Å². The number of aryl methyl sites for hydroxylation is 1. The molecular weight excluding hydrogens is 394 g/mol. The van der Waals surface area contributed by atoms with Gasteiger partial charge in [-0.05, 0) is 76.1 Å². The second-order valence-electron chi connectivity index (χ2n) is 6.24. The highest BCUT2D eigenvalue weighted by molar-refractivity contribution is 9.58. The van der Waals surface area contributed by atoms with Crippen molar-refractivity contribution in [2.75, 3.05) is 30.0 Å². The number of halogens is 1. The minimum Gasteiger partial charge on any atom is -0.371 e. The molecule has 0 spiro atoms. The van der Waals surface area contributed by atoms with Crippen LogP contribution in [-0.2, 0) is 6.42 Å². The van der Waals surface area contributed by atoms with E-state index < -0.39 is 8.46 Å². The van der Waals surface area contributed by atoms with Gasteiger partial charge in [-0.25, -0.2) is 0 Å². The number of hydrogen-bond acceptors (Lipinski definition) is 2. The van der Waals surface area contributed by atoms with E-state index in [-0.39, 0.29) is 5.78 Å². The average molecular weight is 422 g/mol. The fourth-order valence-corrected chi connectivity index (χ4v) is 5.78. The van der Waals surface area contributed by atoms with Gasteiger partial charge in [-0.3, -0.25) is 4.79 Å². The zero-order valence-electron chi connectivity index (χ0n) is 15.6. The second-order valence-corrected chi connectivity index (χ2v) is 13.2. The molecule has 25 heavy (non-hydrogen) atoms. The maximum absolute atomic E-state index is 13.2. The number of anilines is 1. The lowest BCUT2D eigenvalue weighted by molar-refractivity contribution is 0.102. The first-order chi connectivity index (χ1) is 11.9. The van der Waals surface area contributed by atoms with Gasteiger partial charge in [-0.15, -0.1) is 0 Å². The molecule has 0 amide bonds. The fourth-order valence-electron chi connectivity index (χ4n) is 2.97. The molecule has 0 heterocycles. The first kappa shape index (κ1) is 20.1. The zero-order chi connectivity index (χ0) is 18.4. The normalized spacial score (nSPS) is 14.6. The third-order valence-corrected chi connectivity index (χ3v) is 8.38. The minimum atomic E-state index is -1.33. The van der Waals surface area contributed by atoms with Crippen molar-refractivity contribution in [2.24, 2.45) is 0 Å². The number of nitrogens with zero attached hydrogens (tertiary/aromatic N) is 1. The Morgan fingerprint density at radius 1 is 1.04 bits per heavy atom. The van der Waals surface area contributed by atoms with Crippen LogP contribution in [0.4, 0.5) is 5.69 Å². The Kier molecular flexibility index (Phi) is 7.14. The van der Waals surface area contributed by atoms with Gasteiger partial charge in [0.25, 0.3) is 0 Å². The van der Waals surface area contributed by atoms with Crippen LogP contribution in [0.15, 0.2) is 53.4 Å². The van der Waals surface area contributed by atoms with Crippen molar-refractivity contribution in [1.82, 2.24) is 0 Å². The topological polar surface area (TPSA) is 20.3 Å². The van der Waals surface area contributed by atoms with Crippen LogP contribution in [-0.4, -0.2) is 30.9 Å². The monoisotopic (exact) mass is 421 g/mol. The number of ketones is 1. The predicted octanol–water partition coefficient (Wildman–Crippen LogP) is 6.08. The summed E-state index contributed by atoms with van der Waals surface area (Å²) in [6.45, 7) is 8.24. The van der Waals surface area contributed by atoms with Gasteiger partial charge in [0.2, 0.25) is 0 Å². The number of carbonyl (C=O) groups excluding carboxylic acids is 1. The van der Waals surface area contributed by atoms with Crippen LogP contribution in [0, 0.1) is 0 Å². The summed E-state index contributed by atoms with van der Waals surface area (Å²) in [6.07, 6.45) is 3.13. The van der Waals surface area contributed by atoms with Crippen molar-refractivity contribution in [3.8, 4) is 0 Å². The molecule has 1 atom stereocenters. The van der Waals surface area contributed by atoms with Crippen LogP contribution in [0.5, 0.6) is 0 Å². The quantitative estimate of drug-likeness (QED) is 0.481. The maximum Gasteiger partial charge on any atom is 0.174 e. The summed E-state index contributed by atoms with van der Waals surface area (Å²) in [7, 11) is -1.33. The standard InChI is InChI=1S/C21H28BrNOS/c1-5-17-13-14-19(20(15-17)23(6-2)7-3)21(24)16-25(4,22)18-11-9-8-10-12-18/h8-15H,5-7,16H2,1-4H3. The second kappa shape index (κ2) is 8.91. The summed E-state index contributed by atoms with van der Waals surface area (Å²) < 4.78 is 0. The molecule has 0 aliphatic rings. The molecule has 0 fully saturated rings. The van der Waals surface area contributed by atoms with Gasteiger partial charge >= 0.3 is 0 Å². The first-order valence-electron chi connectivity index (χ1n) is 8.84. The van der Waals surface area contributed by atoms with E-state index in [4.69, 9.17) is 0 Å². The van der Waals surface area contributed by atoms with Crippen molar-refractivity contribution in [1.29, 1.82) is 0 Å². The van der Waals surface area contributed by atoms with Crippen molar-refractivity contribution in [3.05, 3.63) is 59.7 Å². The number of carbonyl (C=O) groups is 1. The molecule has 0 N–H and O–H groups in total. The third kappa shape index (κ3) is 4.89. The molecule has 136 valence electrons. The third-order valence-electron chi connectivity index (χ3n) is 4.51. The van der Waals surface area contributed by atoms with Gasteiger partial charge in [-0.1, -0.05) is 31.2 Å². The van der Waals surface area contributed by atoms with Gasteiger partial charge < -0.3 is 4.90 Å². The lowest BCUT2D eigenvalue weighted by Gasteiger charge is -2.30. The predicted molar refractivity (Wildman–Crippen MR) is 116 cm³/mol. The van der Waals surface area contributed by atoms with Gasteiger partial charge in [0.05, 0.1) is 5.75 Å². The van der Waals surface area contributed by atoms with E-state index in [0.29, 0.717) is 5.75 Å².